The molecular formula is C21H36O. The molecular weight excluding hydrogens is 268 g/mol. The van der Waals surface area contributed by atoms with E-state index in [-0.39, 0.29) is 10.8 Å². The molecule has 0 bridgehead atoms. The lowest BCUT2D eigenvalue weighted by Gasteiger charge is -2.29. The fourth-order valence-electron chi connectivity index (χ4n) is 3.20. The summed E-state index contributed by atoms with van der Waals surface area (Å²) in [6.45, 7) is 15.4. The standard InChI is InChI=1S/C21H36O/c1-8-9-10-11-12-13-16-14-15-17(20(2,3)4)19(22)18(16)21(5,6)7/h14-15,22H,8-13H2,1-7H3. The molecule has 0 aromatic heterocycles. The minimum atomic E-state index is -0.0241. The van der Waals surface area contributed by atoms with Crippen LogP contribution in [0.1, 0.15) is 97.3 Å². The van der Waals surface area contributed by atoms with Crippen LogP contribution in [0.2, 0.25) is 0 Å². The second-order valence-electron chi connectivity index (χ2n) is 8.66. The maximum absolute atomic E-state index is 10.9. The SMILES string of the molecule is CCCCCCCc1ccc(C(C)(C)C)c(O)c1C(C)(C)C. The van der Waals surface area contributed by atoms with Crippen LogP contribution in [-0.2, 0) is 17.3 Å². The molecule has 0 saturated heterocycles. The summed E-state index contributed by atoms with van der Waals surface area (Å²) < 4.78 is 0. The van der Waals surface area contributed by atoms with E-state index in [1.54, 1.807) is 0 Å². The van der Waals surface area contributed by atoms with Gasteiger partial charge in [-0.1, -0.05) is 86.3 Å². The van der Waals surface area contributed by atoms with E-state index < -0.39 is 0 Å². The first-order chi connectivity index (χ1) is 10.1. The van der Waals surface area contributed by atoms with E-state index in [0.717, 1.165) is 17.5 Å². The summed E-state index contributed by atoms with van der Waals surface area (Å²) in [6.07, 6.45) is 7.53. The first-order valence-corrected chi connectivity index (χ1v) is 8.94. The lowest BCUT2D eigenvalue weighted by molar-refractivity contribution is 0.420. The van der Waals surface area contributed by atoms with E-state index in [1.165, 1.54) is 37.7 Å². The van der Waals surface area contributed by atoms with Crippen LogP contribution in [0.25, 0.3) is 0 Å². The first-order valence-electron chi connectivity index (χ1n) is 8.94. The van der Waals surface area contributed by atoms with E-state index in [1.807, 2.05) is 0 Å². The van der Waals surface area contributed by atoms with Crippen molar-refractivity contribution in [3.05, 3.63) is 28.8 Å². The van der Waals surface area contributed by atoms with Crippen LogP contribution in [0.15, 0.2) is 12.1 Å². The van der Waals surface area contributed by atoms with E-state index >= 15 is 0 Å². The summed E-state index contributed by atoms with van der Waals surface area (Å²) in [4.78, 5) is 0. The third-order valence-electron chi connectivity index (χ3n) is 4.37. The number of phenols is 1. The van der Waals surface area contributed by atoms with Gasteiger partial charge < -0.3 is 5.11 Å². The van der Waals surface area contributed by atoms with Gasteiger partial charge in [-0.25, -0.2) is 0 Å². The Labute approximate surface area is 138 Å². The Balaban J connectivity index is 3.05. The normalized spacial score (nSPS) is 12.7. The third-order valence-corrected chi connectivity index (χ3v) is 4.37. The molecule has 22 heavy (non-hydrogen) atoms. The molecule has 1 N–H and O–H groups in total. The van der Waals surface area contributed by atoms with Crippen molar-refractivity contribution in [3.8, 4) is 5.75 Å². The number of aromatic hydroxyl groups is 1. The second-order valence-corrected chi connectivity index (χ2v) is 8.66. The number of benzene rings is 1. The van der Waals surface area contributed by atoms with E-state index in [9.17, 15) is 5.11 Å². The lowest BCUT2D eigenvalue weighted by atomic mass is 9.76. The molecule has 0 unspecified atom stereocenters. The molecule has 0 radical (unpaired) electrons. The van der Waals surface area contributed by atoms with E-state index in [4.69, 9.17) is 0 Å². The van der Waals surface area contributed by atoms with Crippen LogP contribution in [0, 0.1) is 0 Å². The van der Waals surface area contributed by atoms with Crippen LogP contribution in [0.4, 0.5) is 0 Å². The number of unbranched alkanes of at least 4 members (excludes halogenated alkanes) is 4. The zero-order chi connectivity index (χ0) is 17.0. The number of aryl methyl sites for hydroxylation is 1. The average Bonchev–Trinajstić information content (AvgIpc) is 2.35. The largest absolute Gasteiger partial charge is 0.507 e. The molecule has 1 aromatic carbocycles. The van der Waals surface area contributed by atoms with Crippen LogP contribution >= 0.6 is 0 Å². The molecule has 0 aliphatic heterocycles. The van der Waals surface area contributed by atoms with E-state index in [2.05, 4.69) is 60.6 Å². The Bertz CT molecular complexity index is 472. The Morgan fingerprint density at radius 3 is 1.91 bits per heavy atom. The minimum absolute atomic E-state index is 0.0237. The van der Waals surface area contributed by atoms with Gasteiger partial charge in [-0.2, -0.15) is 0 Å². The van der Waals surface area contributed by atoms with Gasteiger partial charge >= 0.3 is 0 Å². The number of hydrogen-bond donors (Lipinski definition) is 1. The molecule has 1 aromatic rings. The van der Waals surface area contributed by atoms with Crippen LogP contribution in [0.3, 0.4) is 0 Å². The molecule has 0 aliphatic carbocycles. The Hall–Kier alpha value is -0.980. The van der Waals surface area contributed by atoms with Crippen molar-refractivity contribution in [2.45, 2.75) is 97.8 Å². The average molecular weight is 305 g/mol. The van der Waals surface area contributed by atoms with Crippen molar-refractivity contribution >= 4 is 0 Å². The monoisotopic (exact) mass is 304 g/mol. The van der Waals surface area contributed by atoms with E-state index in [0.29, 0.717) is 5.75 Å². The van der Waals surface area contributed by atoms with Crippen molar-refractivity contribution in [2.75, 3.05) is 0 Å². The molecule has 0 heterocycles. The zero-order valence-electron chi connectivity index (χ0n) is 15.8. The molecule has 0 spiro atoms. The van der Waals surface area contributed by atoms with Gasteiger partial charge in [-0.15, -0.1) is 0 Å². The summed E-state index contributed by atoms with van der Waals surface area (Å²) in [5, 5.41) is 10.9. The number of phenolic OH excluding ortho intramolecular Hbond substituents is 1. The van der Waals surface area contributed by atoms with Gasteiger partial charge in [0.1, 0.15) is 5.75 Å². The van der Waals surface area contributed by atoms with Crippen molar-refractivity contribution in [1.29, 1.82) is 0 Å². The summed E-state index contributed by atoms with van der Waals surface area (Å²) in [5.74, 6) is 0.519. The molecule has 0 fully saturated rings. The molecule has 0 atom stereocenters. The quantitative estimate of drug-likeness (QED) is 0.595. The van der Waals surface area contributed by atoms with Gasteiger partial charge in [0.05, 0.1) is 0 Å². The molecule has 0 saturated carbocycles. The van der Waals surface area contributed by atoms with Gasteiger partial charge in [0.2, 0.25) is 0 Å². The van der Waals surface area contributed by atoms with Crippen LogP contribution in [-0.4, -0.2) is 5.11 Å². The highest BCUT2D eigenvalue weighted by atomic mass is 16.3. The summed E-state index contributed by atoms with van der Waals surface area (Å²) >= 11 is 0. The minimum Gasteiger partial charge on any atom is -0.507 e. The van der Waals surface area contributed by atoms with Gasteiger partial charge in [0.15, 0.2) is 0 Å². The highest BCUT2D eigenvalue weighted by molar-refractivity contribution is 5.51. The van der Waals surface area contributed by atoms with Crippen molar-refractivity contribution in [2.24, 2.45) is 0 Å². The number of hydrogen-bond acceptors (Lipinski definition) is 1. The molecule has 1 heteroatoms. The van der Waals surface area contributed by atoms with Gasteiger partial charge in [0, 0.05) is 5.56 Å². The predicted molar refractivity (Wildman–Crippen MR) is 98.0 cm³/mol. The lowest BCUT2D eigenvalue weighted by Crippen LogP contribution is -2.19. The number of rotatable bonds is 6. The Kier molecular flexibility index (Phi) is 6.52. The van der Waals surface area contributed by atoms with Gasteiger partial charge in [-0.05, 0) is 34.8 Å². The maximum Gasteiger partial charge on any atom is 0.123 e. The molecule has 0 aliphatic rings. The molecule has 1 rings (SSSR count). The summed E-state index contributed by atoms with van der Waals surface area (Å²) in [7, 11) is 0. The highest BCUT2D eigenvalue weighted by Gasteiger charge is 2.27. The second kappa shape index (κ2) is 7.53. The van der Waals surface area contributed by atoms with Gasteiger partial charge in [0.25, 0.3) is 0 Å². The molecule has 0 amide bonds. The highest BCUT2D eigenvalue weighted by Crippen LogP contribution is 2.41. The Morgan fingerprint density at radius 1 is 0.818 bits per heavy atom. The third kappa shape index (κ3) is 5.04. The summed E-state index contributed by atoms with van der Waals surface area (Å²) in [5.41, 5.74) is 3.49. The first kappa shape index (κ1) is 19.1. The molecule has 1 nitrogen and oxygen atoms in total. The Morgan fingerprint density at radius 2 is 1.41 bits per heavy atom. The fourth-order valence-corrected chi connectivity index (χ4v) is 3.20. The summed E-state index contributed by atoms with van der Waals surface area (Å²) in [6, 6.07) is 4.38. The fraction of sp³-hybridized carbons (Fsp3) is 0.714. The van der Waals surface area contributed by atoms with Gasteiger partial charge in [-0.3, -0.25) is 0 Å². The zero-order valence-corrected chi connectivity index (χ0v) is 15.8. The smallest absolute Gasteiger partial charge is 0.123 e. The van der Waals surface area contributed by atoms with Crippen molar-refractivity contribution in [1.82, 2.24) is 0 Å². The van der Waals surface area contributed by atoms with Crippen molar-refractivity contribution < 1.29 is 5.11 Å². The predicted octanol–water partition coefficient (Wildman–Crippen LogP) is 6.50. The van der Waals surface area contributed by atoms with Crippen LogP contribution < -0.4 is 0 Å². The topological polar surface area (TPSA) is 20.2 Å². The maximum atomic E-state index is 10.9. The van der Waals surface area contributed by atoms with Crippen LogP contribution in [0.5, 0.6) is 5.75 Å². The molecule has 126 valence electrons. The van der Waals surface area contributed by atoms with Crippen molar-refractivity contribution in [3.63, 3.8) is 0 Å².